The Hall–Kier alpha value is -1.29. The molecule has 2 atom stereocenters. The van der Waals surface area contributed by atoms with Gasteiger partial charge in [0.05, 0.1) is 26.8 Å². The fraction of sp³-hybridized carbons (Fsp3) is 0.500. The maximum atomic E-state index is 12.7. The molecule has 24 heavy (non-hydrogen) atoms. The monoisotopic (exact) mass is 388 g/mol. The van der Waals surface area contributed by atoms with Gasteiger partial charge in [0.1, 0.15) is 6.54 Å². The Morgan fingerprint density at radius 1 is 1.25 bits per heavy atom. The van der Waals surface area contributed by atoms with Crippen LogP contribution >= 0.6 is 23.2 Å². The summed E-state index contributed by atoms with van der Waals surface area (Å²) in [5.41, 5.74) is 0. The molecule has 1 aromatic rings. The van der Waals surface area contributed by atoms with Crippen molar-refractivity contribution in [2.75, 3.05) is 12.3 Å². The topological polar surface area (TPSA) is 87.0 Å². The van der Waals surface area contributed by atoms with E-state index in [1.54, 1.807) is 0 Å². The third-order valence-electron chi connectivity index (χ3n) is 4.27. The van der Waals surface area contributed by atoms with Crippen LogP contribution in [0.5, 0.6) is 0 Å². The highest BCUT2D eigenvalue weighted by Gasteiger charge is 2.34. The number of amides is 1. The molecule has 1 saturated carbocycles. The Kier molecular flexibility index (Phi) is 6.50. The van der Waals surface area contributed by atoms with E-state index in [2.05, 4.69) is 5.32 Å². The SMILES string of the molecule is N#CCNC(=O)C1CCCC[C@@H]1CS(=O)(=O)c1ccc(Cl)c(Cl)c1. The summed E-state index contributed by atoms with van der Waals surface area (Å²) in [7, 11) is -3.57. The van der Waals surface area contributed by atoms with E-state index < -0.39 is 9.84 Å². The van der Waals surface area contributed by atoms with Crippen molar-refractivity contribution in [3.63, 3.8) is 0 Å². The van der Waals surface area contributed by atoms with E-state index in [1.807, 2.05) is 6.07 Å². The van der Waals surface area contributed by atoms with Crippen LogP contribution in [-0.2, 0) is 14.6 Å². The zero-order valence-electron chi connectivity index (χ0n) is 13.0. The number of carbonyl (C=O) groups excluding carboxylic acids is 1. The van der Waals surface area contributed by atoms with Gasteiger partial charge in [-0.2, -0.15) is 5.26 Å². The molecule has 0 heterocycles. The van der Waals surface area contributed by atoms with Gasteiger partial charge >= 0.3 is 0 Å². The third-order valence-corrected chi connectivity index (χ3v) is 6.85. The lowest BCUT2D eigenvalue weighted by molar-refractivity contribution is -0.127. The van der Waals surface area contributed by atoms with Gasteiger partial charge in [0.25, 0.3) is 0 Å². The summed E-state index contributed by atoms with van der Waals surface area (Å²) in [6, 6.07) is 6.08. The van der Waals surface area contributed by atoms with Crippen molar-refractivity contribution < 1.29 is 13.2 Å². The number of rotatable bonds is 5. The molecule has 1 aromatic carbocycles. The molecular formula is C16H18Cl2N2O3S. The maximum absolute atomic E-state index is 12.7. The molecule has 1 fully saturated rings. The van der Waals surface area contributed by atoms with E-state index in [4.69, 9.17) is 28.5 Å². The lowest BCUT2D eigenvalue weighted by atomic mass is 9.80. The van der Waals surface area contributed by atoms with Crippen LogP contribution in [0.4, 0.5) is 0 Å². The second-order valence-electron chi connectivity index (χ2n) is 5.88. The van der Waals surface area contributed by atoms with Crippen LogP contribution in [0, 0.1) is 23.2 Å². The Morgan fingerprint density at radius 3 is 2.62 bits per heavy atom. The van der Waals surface area contributed by atoms with Crippen molar-refractivity contribution in [3.05, 3.63) is 28.2 Å². The van der Waals surface area contributed by atoms with Crippen LogP contribution in [-0.4, -0.2) is 26.6 Å². The lowest BCUT2D eigenvalue weighted by Crippen LogP contribution is -2.39. The van der Waals surface area contributed by atoms with Crippen molar-refractivity contribution in [2.45, 2.75) is 30.6 Å². The Labute approximate surface area is 151 Å². The van der Waals surface area contributed by atoms with Gasteiger partial charge in [0.15, 0.2) is 9.84 Å². The smallest absolute Gasteiger partial charge is 0.224 e. The molecule has 0 spiro atoms. The van der Waals surface area contributed by atoms with Crippen LogP contribution in [0.3, 0.4) is 0 Å². The second-order valence-corrected chi connectivity index (χ2v) is 8.73. The fourth-order valence-corrected chi connectivity index (χ4v) is 5.15. The molecule has 130 valence electrons. The van der Waals surface area contributed by atoms with Crippen LogP contribution in [0.25, 0.3) is 0 Å². The van der Waals surface area contributed by atoms with Crippen LogP contribution in [0.15, 0.2) is 23.1 Å². The summed E-state index contributed by atoms with van der Waals surface area (Å²) in [4.78, 5) is 12.3. The zero-order chi connectivity index (χ0) is 17.7. The highest BCUT2D eigenvalue weighted by atomic mass is 35.5. The molecule has 1 aliphatic rings. The molecule has 0 radical (unpaired) electrons. The van der Waals surface area contributed by atoms with Gasteiger partial charge in [-0.3, -0.25) is 4.79 Å². The number of halogens is 2. The van der Waals surface area contributed by atoms with Crippen molar-refractivity contribution in [1.29, 1.82) is 5.26 Å². The van der Waals surface area contributed by atoms with Crippen molar-refractivity contribution in [1.82, 2.24) is 5.32 Å². The lowest BCUT2D eigenvalue weighted by Gasteiger charge is -2.30. The quantitative estimate of drug-likeness (QED) is 0.784. The van der Waals surface area contributed by atoms with Gasteiger partial charge in [-0.1, -0.05) is 36.0 Å². The van der Waals surface area contributed by atoms with Gasteiger partial charge in [-0.05, 0) is 37.0 Å². The van der Waals surface area contributed by atoms with Gasteiger partial charge < -0.3 is 5.32 Å². The number of benzene rings is 1. The summed E-state index contributed by atoms with van der Waals surface area (Å²) in [6.45, 7) is -0.0679. The number of carbonyl (C=O) groups is 1. The van der Waals surface area contributed by atoms with Crippen molar-refractivity contribution in [2.24, 2.45) is 11.8 Å². The summed E-state index contributed by atoms with van der Waals surface area (Å²) in [5, 5.41) is 11.6. The average molecular weight is 389 g/mol. The second kappa shape index (κ2) is 8.19. The summed E-state index contributed by atoms with van der Waals surface area (Å²) in [5.74, 6) is -1.01. The molecule has 1 unspecified atom stereocenters. The normalized spacial score (nSPS) is 21.0. The molecule has 2 rings (SSSR count). The third kappa shape index (κ3) is 4.62. The van der Waals surface area contributed by atoms with E-state index in [9.17, 15) is 13.2 Å². The summed E-state index contributed by atoms with van der Waals surface area (Å²) in [6.07, 6.45) is 3.08. The van der Waals surface area contributed by atoms with Crippen molar-refractivity contribution in [3.8, 4) is 6.07 Å². The largest absolute Gasteiger partial charge is 0.343 e. The minimum Gasteiger partial charge on any atom is -0.343 e. The molecule has 0 aliphatic heterocycles. The van der Waals surface area contributed by atoms with Crippen LogP contribution in [0.1, 0.15) is 25.7 Å². The first-order chi connectivity index (χ1) is 11.3. The number of sulfone groups is 1. The first kappa shape index (κ1) is 19.0. The minimum absolute atomic E-state index is 0.0679. The van der Waals surface area contributed by atoms with Crippen molar-refractivity contribution >= 4 is 38.9 Å². The molecule has 8 heteroatoms. The van der Waals surface area contributed by atoms with E-state index in [0.29, 0.717) is 17.9 Å². The van der Waals surface area contributed by atoms with Gasteiger partial charge in [0, 0.05) is 5.92 Å². The molecule has 1 amide bonds. The average Bonchev–Trinajstić information content (AvgIpc) is 2.55. The maximum Gasteiger partial charge on any atom is 0.224 e. The predicted octanol–water partition coefficient (Wildman–Crippen LogP) is 3.21. The van der Waals surface area contributed by atoms with E-state index in [1.165, 1.54) is 18.2 Å². The predicted molar refractivity (Wildman–Crippen MR) is 92.6 cm³/mol. The fourth-order valence-electron chi connectivity index (χ4n) is 3.06. The standard InChI is InChI=1S/C16H18Cl2N2O3S/c17-14-6-5-12(9-15(14)18)24(22,23)10-11-3-1-2-4-13(11)16(21)20-8-7-19/h5-6,9,11,13H,1-4,8,10H2,(H,20,21)/t11-,13?/m1/s1. The Bertz CT molecular complexity index is 759. The van der Waals surface area contributed by atoms with E-state index in [-0.39, 0.29) is 40.0 Å². The first-order valence-corrected chi connectivity index (χ1v) is 10.1. The minimum atomic E-state index is -3.57. The molecule has 1 N–H and O–H groups in total. The highest BCUT2D eigenvalue weighted by Crippen LogP contribution is 2.33. The van der Waals surface area contributed by atoms with E-state index >= 15 is 0 Å². The van der Waals surface area contributed by atoms with E-state index in [0.717, 1.165) is 12.8 Å². The number of nitriles is 1. The number of hydrogen-bond acceptors (Lipinski definition) is 4. The van der Waals surface area contributed by atoms with Gasteiger partial charge in [0.2, 0.25) is 5.91 Å². The number of nitrogens with one attached hydrogen (secondary N) is 1. The molecule has 5 nitrogen and oxygen atoms in total. The number of hydrogen-bond donors (Lipinski definition) is 1. The van der Waals surface area contributed by atoms with Gasteiger partial charge in [-0.15, -0.1) is 0 Å². The van der Waals surface area contributed by atoms with Gasteiger partial charge in [-0.25, -0.2) is 8.42 Å². The molecule has 0 saturated heterocycles. The zero-order valence-corrected chi connectivity index (χ0v) is 15.3. The number of nitrogens with zero attached hydrogens (tertiary/aromatic N) is 1. The highest BCUT2D eigenvalue weighted by molar-refractivity contribution is 7.91. The molecule has 0 aromatic heterocycles. The Balaban J connectivity index is 2.17. The first-order valence-electron chi connectivity index (χ1n) is 7.67. The molecule has 1 aliphatic carbocycles. The molecular weight excluding hydrogens is 371 g/mol. The molecule has 0 bridgehead atoms. The Morgan fingerprint density at radius 2 is 1.96 bits per heavy atom. The summed E-state index contributed by atoms with van der Waals surface area (Å²) < 4.78 is 25.3. The summed E-state index contributed by atoms with van der Waals surface area (Å²) >= 11 is 11.7. The van der Waals surface area contributed by atoms with Crippen LogP contribution in [0.2, 0.25) is 10.0 Å². The van der Waals surface area contributed by atoms with Crippen LogP contribution < -0.4 is 5.32 Å².